The van der Waals surface area contributed by atoms with Gasteiger partial charge < -0.3 is 4.74 Å². The van der Waals surface area contributed by atoms with Gasteiger partial charge in [0.2, 0.25) is 0 Å². The summed E-state index contributed by atoms with van der Waals surface area (Å²) >= 11 is 0. The molecule has 3 nitrogen and oxygen atoms in total. The standard InChI is InChI=1S/C23H34O3/c1-5-15-7-9-19-18-8-6-16-12-17(25)10-11-22(16,3)21(18)20(26-14(2)24)13-23(15,19)4/h5,15-16,18-21H,1,6-13H2,2-4H3. The van der Waals surface area contributed by atoms with Crippen LogP contribution in [0.4, 0.5) is 0 Å². The monoisotopic (exact) mass is 358 g/mol. The zero-order chi connectivity index (χ0) is 18.7. The lowest BCUT2D eigenvalue weighted by Crippen LogP contribution is -2.59. The summed E-state index contributed by atoms with van der Waals surface area (Å²) in [5.41, 5.74) is 0.348. The van der Waals surface area contributed by atoms with Crippen LogP contribution in [0.3, 0.4) is 0 Å². The van der Waals surface area contributed by atoms with Gasteiger partial charge in [-0.25, -0.2) is 0 Å². The minimum Gasteiger partial charge on any atom is -0.462 e. The highest BCUT2D eigenvalue weighted by atomic mass is 16.5. The van der Waals surface area contributed by atoms with Crippen LogP contribution in [-0.4, -0.2) is 17.9 Å². The number of hydrogen-bond donors (Lipinski definition) is 0. The normalized spacial score (nSPS) is 50.3. The van der Waals surface area contributed by atoms with E-state index in [0.717, 1.165) is 19.3 Å². The van der Waals surface area contributed by atoms with E-state index >= 15 is 0 Å². The number of ketones is 1. The van der Waals surface area contributed by atoms with Gasteiger partial charge >= 0.3 is 5.97 Å². The molecule has 0 spiro atoms. The lowest BCUT2D eigenvalue weighted by Gasteiger charge is -2.62. The Morgan fingerprint density at radius 3 is 2.65 bits per heavy atom. The quantitative estimate of drug-likeness (QED) is 0.518. The van der Waals surface area contributed by atoms with Crippen molar-refractivity contribution in [3.05, 3.63) is 12.7 Å². The van der Waals surface area contributed by atoms with Gasteiger partial charge in [0.1, 0.15) is 11.9 Å². The molecule has 0 aliphatic heterocycles. The number of carbonyl (C=O) groups excluding carboxylic acids is 2. The summed E-state index contributed by atoms with van der Waals surface area (Å²) < 4.78 is 6.01. The number of carbonyl (C=O) groups is 2. The van der Waals surface area contributed by atoms with Crippen LogP contribution in [0.15, 0.2) is 12.7 Å². The van der Waals surface area contributed by atoms with Crippen molar-refractivity contribution in [3.8, 4) is 0 Å². The Morgan fingerprint density at radius 1 is 1.19 bits per heavy atom. The third-order valence-electron chi connectivity index (χ3n) is 9.06. The number of Topliss-reactive ketones (excluding diaryl/α,β-unsaturated/α-hetero) is 1. The minimum absolute atomic E-state index is 0.000280. The molecule has 4 rings (SSSR count). The Balaban J connectivity index is 1.73. The number of fused-ring (bicyclic) bond motifs is 5. The number of esters is 1. The second kappa shape index (κ2) is 6.21. The van der Waals surface area contributed by atoms with Crippen LogP contribution in [-0.2, 0) is 14.3 Å². The molecule has 0 heterocycles. The Labute approximate surface area is 157 Å². The highest BCUT2D eigenvalue weighted by Crippen LogP contribution is 2.67. The maximum absolute atomic E-state index is 12.1. The molecular weight excluding hydrogens is 324 g/mol. The second-order valence-electron chi connectivity index (χ2n) is 10.1. The van der Waals surface area contributed by atoms with Crippen molar-refractivity contribution >= 4 is 11.8 Å². The van der Waals surface area contributed by atoms with E-state index in [-0.39, 0.29) is 22.9 Å². The predicted molar refractivity (Wildman–Crippen MR) is 101 cm³/mol. The molecule has 0 aromatic heterocycles. The number of allylic oxidation sites excluding steroid dienone is 1. The fourth-order valence-corrected chi connectivity index (χ4v) is 7.88. The summed E-state index contributed by atoms with van der Waals surface area (Å²) in [6.07, 6.45) is 10.4. The van der Waals surface area contributed by atoms with Crippen molar-refractivity contribution in [2.75, 3.05) is 0 Å². The van der Waals surface area contributed by atoms with Crippen molar-refractivity contribution in [3.63, 3.8) is 0 Å². The average Bonchev–Trinajstić information content (AvgIpc) is 2.90. The largest absolute Gasteiger partial charge is 0.462 e. The zero-order valence-electron chi connectivity index (χ0n) is 16.6. The maximum atomic E-state index is 12.1. The molecule has 144 valence electrons. The molecule has 4 saturated carbocycles. The molecule has 4 aliphatic rings. The number of ether oxygens (including phenoxy) is 1. The van der Waals surface area contributed by atoms with Crippen molar-refractivity contribution in [2.45, 2.75) is 78.2 Å². The summed E-state index contributed by atoms with van der Waals surface area (Å²) in [5.74, 6) is 3.04. The first-order valence-corrected chi connectivity index (χ1v) is 10.6. The average molecular weight is 359 g/mol. The molecular formula is C23H34O3. The molecule has 0 aromatic carbocycles. The molecule has 0 aromatic rings. The van der Waals surface area contributed by atoms with Crippen molar-refractivity contribution in [2.24, 2.45) is 40.4 Å². The Kier molecular flexibility index (Phi) is 4.36. The zero-order valence-corrected chi connectivity index (χ0v) is 16.6. The van der Waals surface area contributed by atoms with Crippen molar-refractivity contribution in [1.82, 2.24) is 0 Å². The molecule has 4 fully saturated rings. The first-order chi connectivity index (χ1) is 12.3. The molecule has 8 unspecified atom stereocenters. The van der Waals surface area contributed by atoms with Crippen LogP contribution in [0.25, 0.3) is 0 Å². The first-order valence-electron chi connectivity index (χ1n) is 10.6. The van der Waals surface area contributed by atoms with E-state index in [0.29, 0.717) is 41.8 Å². The van der Waals surface area contributed by atoms with Crippen LogP contribution in [0, 0.1) is 40.4 Å². The molecule has 3 heteroatoms. The van der Waals surface area contributed by atoms with E-state index in [1.54, 1.807) is 6.92 Å². The van der Waals surface area contributed by atoms with Gasteiger partial charge in [0.15, 0.2) is 0 Å². The van der Waals surface area contributed by atoms with E-state index < -0.39 is 0 Å². The molecule has 8 atom stereocenters. The van der Waals surface area contributed by atoms with Crippen LogP contribution in [0.5, 0.6) is 0 Å². The third-order valence-corrected chi connectivity index (χ3v) is 9.06. The molecule has 0 bridgehead atoms. The summed E-state index contributed by atoms with van der Waals surface area (Å²) in [6, 6.07) is 0. The van der Waals surface area contributed by atoms with Gasteiger partial charge in [0.25, 0.3) is 0 Å². The maximum Gasteiger partial charge on any atom is 0.302 e. The molecule has 0 amide bonds. The van der Waals surface area contributed by atoms with E-state index in [2.05, 4.69) is 26.5 Å². The summed E-state index contributed by atoms with van der Waals surface area (Å²) in [5, 5.41) is 0. The minimum atomic E-state index is -0.151. The lowest BCUT2D eigenvalue weighted by molar-refractivity contribution is -0.192. The highest BCUT2D eigenvalue weighted by molar-refractivity contribution is 5.79. The molecule has 0 N–H and O–H groups in total. The topological polar surface area (TPSA) is 43.4 Å². The highest BCUT2D eigenvalue weighted by Gasteiger charge is 2.63. The van der Waals surface area contributed by atoms with Gasteiger partial charge in [-0.05, 0) is 73.0 Å². The molecule has 0 radical (unpaired) electrons. The van der Waals surface area contributed by atoms with Gasteiger partial charge in [-0.1, -0.05) is 19.9 Å². The SMILES string of the molecule is C=CC1CCC2C3CCC4CC(=O)CCC4(C)C3C(OC(C)=O)CC12C. The van der Waals surface area contributed by atoms with E-state index in [1.165, 1.54) is 25.7 Å². The van der Waals surface area contributed by atoms with Gasteiger partial charge in [-0.2, -0.15) is 0 Å². The fraction of sp³-hybridized carbons (Fsp3) is 0.826. The lowest BCUT2D eigenvalue weighted by atomic mass is 9.44. The van der Waals surface area contributed by atoms with Crippen molar-refractivity contribution in [1.29, 1.82) is 0 Å². The van der Waals surface area contributed by atoms with Gasteiger partial charge in [0.05, 0.1) is 0 Å². The summed E-state index contributed by atoms with van der Waals surface area (Å²) in [7, 11) is 0. The van der Waals surface area contributed by atoms with Crippen LogP contribution < -0.4 is 0 Å². The van der Waals surface area contributed by atoms with Gasteiger partial charge in [0, 0.05) is 25.7 Å². The molecule has 26 heavy (non-hydrogen) atoms. The number of hydrogen-bond acceptors (Lipinski definition) is 3. The van der Waals surface area contributed by atoms with E-state index in [1.807, 2.05) is 0 Å². The van der Waals surface area contributed by atoms with Gasteiger partial charge in [-0.3, -0.25) is 9.59 Å². The van der Waals surface area contributed by atoms with E-state index in [9.17, 15) is 9.59 Å². The van der Waals surface area contributed by atoms with Crippen LogP contribution >= 0.6 is 0 Å². The van der Waals surface area contributed by atoms with Crippen LogP contribution in [0.1, 0.15) is 72.1 Å². The predicted octanol–water partition coefficient (Wildman–Crippen LogP) is 4.94. The van der Waals surface area contributed by atoms with Gasteiger partial charge in [-0.15, -0.1) is 6.58 Å². The third kappa shape index (κ3) is 2.52. The number of rotatable bonds is 2. The van der Waals surface area contributed by atoms with Crippen molar-refractivity contribution < 1.29 is 14.3 Å². The van der Waals surface area contributed by atoms with Crippen LogP contribution in [0.2, 0.25) is 0 Å². The Hall–Kier alpha value is -1.12. The summed E-state index contributed by atoms with van der Waals surface area (Å²) in [6.45, 7) is 10.5. The molecule has 4 aliphatic carbocycles. The second-order valence-corrected chi connectivity index (χ2v) is 10.1. The summed E-state index contributed by atoms with van der Waals surface area (Å²) in [4.78, 5) is 24.1. The Morgan fingerprint density at radius 2 is 1.96 bits per heavy atom. The fourth-order valence-electron chi connectivity index (χ4n) is 7.88. The smallest absolute Gasteiger partial charge is 0.302 e. The Bertz CT molecular complexity index is 625. The van der Waals surface area contributed by atoms with E-state index in [4.69, 9.17) is 4.74 Å². The molecule has 0 saturated heterocycles. The first kappa shape index (κ1) is 18.3.